The van der Waals surface area contributed by atoms with Gasteiger partial charge >= 0.3 is 0 Å². The third-order valence-electron chi connectivity index (χ3n) is 4.50. The van der Waals surface area contributed by atoms with Crippen molar-refractivity contribution in [3.63, 3.8) is 0 Å². The highest BCUT2D eigenvalue weighted by atomic mass is 16.2. The minimum atomic E-state index is 0.326. The molecule has 2 heterocycles. The van der Waals surface area contributed by atoms with Crippen molar-refractivity contribution in [2.45, 2.75) is 44.7 Å². The van der Waals surface area contributed by atoms with Crippen molar-refractivity contribution in [2.75, 3.05) is 25.0 Å². The number of aliphatic hydroxyl groups is 1. The van der Waals surface area contributed by atoms with E-state index in [1.807, 2.05) is 0 Å². The van der Waals surface area contributed by atoms with Crippen LogP contribution >= 0.6 is 0 Å². The number of hydrogen-bond donors (Lipinski definition) is 2. The van der Waals surface area contributed by atoms with Gasteiger partial charge in [0.05, 0.1) is 0 Å². The maximum Gasteiger partial charge on any atom is 0.0431 e. The first-order valence-corrected chi connectivity index (χ1v) is 7.58. The molecule has 3 heteroatoms. The minimum Gasteiger partial charge on any atom is -0.396 e. The average molecular weight is 260 g/mol. The highest BCUT2D eigenvalue weighted by molar-refractivity contribution is 5.61. The van der Waals surface area contributed by atoms with Crippen LogP contribution in [0.4, 0.5) is 5.69 Å². The molecule has 0 saturated carbocycles. The van der Waals surface area contributed by atoms with E-state index >= 15 is 0 Å². The molecule has 2 aliphatic heterocycles. The molecule has 19 heavy (non-hydrogen) atoms. The van der Waals surface area contributed by atoms with Gasteiger partial charge in [0.25, 0.3) is 0 Å². The van der Waals surface area contributed by atoms with Crippen LogP contribution in [0.1, 0.15) is 36.8 Å². The van der Waals surface area contributed by atoms with Crippen LogP contribution in [-0.4, -0.2) is 35.7 Å². The molecular formula is C16H24N2O. The summed E-state index contributed by atoms with van der Waals surface area (Å²) in [4.78, 5) is 2.60. The van der Waals surface area contributed by atoms with Crippen molar-refractivity contribution < 1.29 is 5.11 Å². The Kier molecular flexibility index (Phi) is 4.04. The molecule has 104 valence electrons. The summed E-state index contributed by atoms with van der Waals surface area (Å²) in [5.74, 6) is 0. The number of anilines is 1. The number of hydrogen-bond acceptors (Lipinski definition) is 3. The lowest BCUT2D eigenvalue weighted by Gasteiger charge is -2.25. The number of nitrogens with zero attached hydrogens (tertiary/aromatic N) is 1. The van der Waals surface area contributed by atoms with E-state index in [9.17, 15) is 0 Å². The lowest BCUT2D eigenvalue weighted by atomic mass is 10.1. The Morgan fingerprint density at radius 1 is 1.37 bits per heavy atom. The van der Waals surface area contributed by atoms with Crippen molar-refractivity contribution in [2.24, 2.45) is 0 Å². The summed E-state index contributed by atoms with van der Waals surface area (Å²) in [5.41, 5.74) is 4.31. The zero-order valence-electron chi connectivity index (χ0n) is 11.6. The maximum atomic E-state index is 9.00. The maximum absolute atomic E-state index is 9.00. The second-order valence-electron chi connectivity index (χ2n) is 5.76. The van der Waals surface area contributed by atoms with E-state index in [-0.39, 0.29) is 0 Å². The fourth-order valence-corrected chi connectivity index (χ4v) is 3.52. The summed E-state index contributed by atoms with van der Waals surface area (Å²) in [5, 5.41) is 12.5. The molecular weight excluding hydrogens is 236 g/mol. The first-order chi connectivity index (χ1) is 9.38. The van der Waals surface area contributed by atoms with Crippen LogP contribution in [0, 0.1) is 0 Å². The van der Waals surface area contributed by atoms with Gasteiger partial charge in [-0.25, -0.2) is 0 Å². The molecule has 0 amide bonds. The number of para-hydroxylation sites is 1. The molecule has 1 unspecified atom stereocenters. The molecule has 1 fully saturated rings. The SMILES string of the molecule is OCCCC1CCCN1Cc1cccc2c1NCC2. The Balaban J connectivity index is 1.69. The number of fused-ring (bicyclic) bond motifs is 1. The zero-order valence-corrected chi connectivity index (χ0v) is 11.6. The first-order valence-electron chi connectivity index (χ1n) is 7.58. The number of rotatable bonds is 5. The quantitative estimate of drug-likeness (QED) is 0.853. The van der Waals surface area contributed by atoms with E-state index in [1.54, 1.807) is 0 Å². The summed E-state index contributed by atoms with van der Waals surface area (Å²) in [6.45, 7) is 3.68. The van der Waals surface area contributed by atoms with Gasteiger partial charge in [-0.15, -0.1) is 0 Å². The third-order valence-corrected chi connectivity index (χ3v) is 4.50. The van der Waals surface area contributed by atoms with Crippen LogP contribution in [0.3, 0.4) is 0 Å². The van der Waals surface area contributed by atoms with E-state index in [4.69, 9.17) is 5.11 Å². The second-order valence-corrected chi connectivity index (χ2v) is 5.76. The topological polar surface area (TPSA) is 35.5 Å². The predicted molar refractivity (Wildman–Crippen MR) is 78.4 cm³/mol. The first kappa shape index (κ1) is 12.9. The monoisotopic (exact) mass is 260 g/mol. The molecule has 1 aromatic rings. The summed E-state index contributed by atoms with van der Waals surface area (Å²) in [6, 6.07) is 7.37. The van der Waals surface area contributed by atoms with Crippen LogP contribution in [0.5, 0.6) is 0 Å². The summed E-state index contributed by atoms with van der Waals surface area (Å²) in [6.07, 6.45) is 5.84. The van der Waals surface area contributed by atoms with Crippen LogP contribution in [0.2, 0.25) is 0 Å². The predicted octanol–water partition coefficient (Wildman–Crippen LogP) is 2.39. The van der Waals surface area contributed by atoms with E-state index < -0.39 is 0 Å². The zero-order chi connectivity index (χ0) is 13.1. The number of likely N-dealkylation sites (tertiary alicyclic amines) is 1. The third kappa shape index (κ3) is 2.77. The molecule has 0 bridgehead atoms. The minimum absolute atomic E-state index is 0.326. The van der Waals surface area contributed by atoms with E-state index in [0.29, 0.717) is 12.6 Å². The van der Waals surface area contributed by atoms with E-state index in [0.717, 1.165) is 32.4 Å². The van der Waals surface area contributed by atoms with E-state index in [1.165, 1.54) is 36.2 Å². The standard InChI is InChI=1S/C16H24N2O/c19-11-3-7-15-6-2-10-18(15)12-14-5-1-4-13-8-9-17-16(13)14/h1,4-5,15,17,19H,2-3,6-12H2. The van der Waals surface area contributed by atoms with Crippen LogP contribution in [-0.2, 0) is 13.0 Å². The summed E-state index contributed by atoms with van der Waals surface area (Å²) < 4.78 is 0. The average Bonchev–Trinajstić information content (AvgIpc) is 3.05. The van der Waals surface area contributed by atoms with Gasteiger partial charge in [0.2, 0.25) is 0 Å². The largest absolute Gasteiger partial charge is 0.396 e. The fourth-order valence-electron chi connectivity index (χ4n) is 3.52. The molecule has 1 atom stereocenters. The molecule has 3 rings (SSSR count). The lowest BCUT2D eigenvalue weighted by molar-refractivity contribution is 0.210. The fraction of sp³-hybridized carbons (Fsp3) is 0.625. The number of aliphatic hydroxyl groups excluding tert-OH is 1. The van der Waals surface area contributed by atoms with Gasteiger partial charge in [-0.2, -0.15) is 0 Å². The molecule has 1 saturated heterocycles. The van der Waals surface area contributed by atoms with Crippen molar-refractivity contribution in [3.8, 4) is 0 Å². The van der Waals surface area contributed by atoms with Crippen molar-refractivity contribution in [3.05, 3.63) is 29.3 Å². The molecule has 2 N–H and O–H groups in total. The van der Waals surface area contributed by atoms with Crippen LogP contribution in [0.15, 0.2) is 18.2 Å². The van der Waals surface area contributed by atoms with Gasteiger partial charge in [0.15, 0.2) is 0 Å². The molecule has 1 aromatic carbocycles. The Morgan fingerprint density at radius 3 is 3.21 bits per heavy atom. The normalized spacial score (nSPS) is 22.5. The molecule has 2 aliphatic rings. The Labute approximate surface area is 115 Å². The highest BCUT2D eigenvalue weighted by Gasteiger charge is 2.25. The molecule has 0 aromatic heterocycles. The number of nitrogens with one attached hydrogen (secondary N) is 1. The Bertz CT molecular complexity index is 433. The lowest BCUT2D eigenvalue weighted by Crippen LogP contribution is -2.29. The van der Waals surface area contributed by atoms with Crippen molar-refractivity contribution >= 4 is 5.69 Å². The summed E-state index contributed by atoms with van der Waals surface area (Å²) >= 11 is 0. The molecule has 0 radical (unpaired) electrons. The molecule has 0 spiro atoms. The highest BCUT2D eigenvalue weighted by Crippen LogP contribution is 2.30. The second kappa shape index (κ2) is 5.93. The van der Waals surface area contributed by atoms with Gasteiger partial charge in [-0.05, 0) is 49.8 Å². The van der Waals surface area contributed by atoms with Gasteiger partial charge in [-0.1, -0.05) is 18.2 Å². The van der Waals surface area contributed by atoms with Gasteiger partial charge in [0, 0.05) is 31.4 Å². The van der Waals surface area contributed by atoms with E-state index in [2.05, 4.69) is 28.4 Å². The van der Waals surface area contributed by atoms with Crippen LogP contribution in [0.25, 0.3) is 0 Å². The van der Waals surface area contributed by atoms with Gasteiger partial charge in [-0.3, -0.25) is 4.90 Å². The number of benzene rings is 1. The van der Waals surface area contributed by atoms with Gasteiger partial charge in [0.1, 0.15) is 0 Å². The molecule has 3 nitrogen and oxygen atoms in total. The van der Waals surface area contributed by atoms with Crippen molar-refractivity contribution in [1.29, 1.82) is 0 Å². The van der Waals surface area contributed by atoms with Gasteiger partial charge < -0.3 is 10.4 Å². The summed E-state index contributed by atoms with van der Waals surface area (Å²) in [7, 11) is 0. The smallest absolute Gasteiger partial charge is 0.0431 e. The van der Waals surface area contributed by atoms with Crippen LogP contribution < -0.4 is 5.32 Å². The Hall–Kier alpha value is -1.06. The Morgan fingerprint density at radius 2 is 2.32 bits per heavy atom. The van der Waals surface area contributed by atoms with Crippen molar-refractivity contribution in [1.82, 2.24) is 4.90 Å². The molecule has 0 aliphatic carbocycles.